The number of alkyl halides is 3. The van der Waals surface area contributed by atoms with Crippen molar-refractivity contribution < 1.29 is 32.5 Å². The van der Waals surface area contributed by atoms with Crippen LogP contribution in [-0.2, 0) is 11.2 Å². The Morgan fingerprint density at radius 2 is 1.97 bits per heavy atom. The molecule has 0 unspecified atom stereocenters. The molecular formula is C21H29BrF3NO4. The Hall–Kier alpha value is -1.03. The molecular weight excluding hydrogens is 467 g/mol. The van der Waals surface area contributed by atoms with Gasteiger partial charge in [-0.1, -0.05) is 0 Å². The molecule has 0 spiro atoms. The Labute approximate surface area is 183 Å². The van der Waals surface area contributed by atoms with Crippen molar-refractivity contribution in [3.8, 4) is 11.5 Å². The van der Waals surface area contributed by atoms with Crippen LogP contribution in [0.15, 0.2) is 10.5 Å². The predicted molar refractivity (Wildman–Crippen MR) is 110 cm³/mol. The zero-order chi connectivity index (χ0) is 22.3. The van der Waals surface area contributed by atoms with Gasteiger partial charge in [-0.2, -0.15) is 13.2 Å². The summed E-state index contributed by atoms with van der Waals surface area (Å²) in [6.45, 7) is 6.82. The third kappa shape index (κ3) is 5.41. The summed E-state index contributed by atoms with van der Waals surface area (Å²) in [5, 5.41) is 10.7. The summed E-state index contributed by atoms with van der Waals surface area (Å²) in [4.78, 5) is 2.29. The lowest BCUT2D eigenvalue weighted by molar-refractivity contribution is -0.149. The number of methoxy groups -OCH3 is 1. The summed E-state index contributed by atoms with van der Waals surface area (Å²) in [6.07, 6.45) is -4.96. The number of ether oxygens (including phenoxy) is 3. The van der Waals surface area contributed by atoms with E-state index in [-0.39, 0.29) is 17.7 Å². The summed E-state index contributed by atoms with van der Waals surface area (Å²) in [5.74, 6) is 0.673. The summed E-state index contributed by atoms with van der Waals surface area (Å²) in [5.41, 5.74) is 1.64. The second kappa shape index (κ2) is 8.84. The van der Waals surface area contributed by atoms with Gasteiger partial charge in [-0.3, -0.25) is 4.90 Å². The van der Waals surface area contributed by atoms with Crippen molar-refractivity contribution in [2.75, 3.05) is 26.8 Å². The molecule has 2 aliphatic rings. The molecule has 30 heavy (non-hydrogen) atoms. The molecule has 1 aromatic rings. The van der Waals surface area contributed by atoms with E-state index in [0.29, 0.717) is 35.4 Å². The molecule has 9 heteroatoms. The molecule has 0 amide bonds. The van der Waals surface area contributed by atoms with Crippen LogP contribution in [0.5, 0.6) is 11.5 Å². The molecule has 5 nitrogen and oxygen atoms in total. The van der Waals surface area contributed by atoms with E-state index in [1.54, 1.807) is 0 Å². The zero-order valence-corrected chi connectivity index (χ0v) is 19.3. The van der Waals surface area contributed by atoms with E-state index in [4.69, 9.17) is 14.2 Å². The summed E-state index contributed by atoms with van der Waals surface area (Å²) in [6, 6.07) is 1.82. The van der Waals surface area contributed by atoms with Gasteiger partial charge in [-0.15, -0.1) is 0 Å². The Kier molecular flexibility index (Phi) is 6.96. The minimum atomic E-state index is -4.28. The van der Waals surface area contributed by atoms with Crippen LogP contribution in [0, 0.1) is 0 Å². The Balaban J connectivity index is 1.84. The van der Waals surface area contributed by atoms with E-state index in [1.165, 1.54) is 7.11 Å². The van der Waals surface area contributed by atoms with E-state index >= 15 is 0 Å². The average Bonchev–Trinajstić information content (AvgIpc) is 2.61. The quantitative estimate of drug-likeness (QED) is 0.644. The van der Waals surface area contributed by atoms with Crippen LogP contribution in [0.4, 0.5) is 13.2 Å². The first-order valence-electron chi connectivity index (χ1n) is 10.1. The Morgan fingerprint density at radius 3 is 2.57 bits per heavy atom. The van der Waals surface area contributed by atoms with Crippen LogP contribution in [0.25, 0.3) is 0 Å². The normalized spacial score (nSPS) is 24.9. The SMILES string of the molecule is COc1cc2c(c(Br)c1OCCC(F)(F)F)CCN1C[C@@H](OC(C)(C)C)[C@H](O)C[C@H]21. The van der Waals surface area contributed by atoms with Gasteiger partial charge in [0.2, 0.25) is 0 Å². The highest BCUT2D eigenvalue weighted by Gasteiger charge is 2.41. The minimum Gasteiger partial charge on any atom is -0.493 e. The molecule has 0 aromatic heterocycles. The molecule has 1 aromatic carbocycles. The van der Waals surface area contributed by atoms with E-state index in [1.807, 2.05) is 26.8 Å². The first-order chi connectivity index (χ1) is 13.9. The average molecular weight is 496 g/mol. The molecule has 0 aliphatic carbocycles. The fraction of sp³-hybridized carbons (Fsp3) is 0.714. The largest absolute Gasteiger partial charge is 0.493 e. The number of rotatable bonds is 5. The Bertz CT molecular complexity index is 766. The van der Waals surface area contributed by atoms with Crippen molar-refractivity contribution in [3.63, 3.8) is 0 Å². The number of halogens is 4. The molecule has 3 rings (SSSR count). The van der Waals surface area contributed by atoms with Gasteiger partial charge in [0.15, 0.2) is 11.5 Å². The first kappa shape index (κ1) is 23.6. The number of nitrogens with zero attached hydrogens (tertiary/aromatic N) is 1. The number of benzene rings is 1. The van der Waals surface area contributed by atoms with Crippen molar-refractivity contribution in [2.45, 2.75) is 70.1 Å². The standard InChI is InChI=1S/C21H29BrF3NO4/c1-20(2,3)30-17-11-26-7-5-12-13(14(26)10-15(17)27)9-16(28-4)19(18(12)22)29-8-6-21(23,24)25/h9,14-15,17,27H,5-8,10-11H2,1-4H3/t14-,15-,17-/m1/s1. The van der Waals surface area contributed by atoms with Crippen LogP contribution in [0.3, 0.4) is 0 Å². The van der Waals surface area contributed by atoms with Gasteiger partial charge in [-0.05, 0) is 66.7 Å². The van der Waals surface area contributed by atoms with Crippen molar-refractivity contribution in [1.82, 2.24) is 4.90 Å². The van der Waals surface area contributed by atoms with Gasteiger partial charge >= 0.3 is 6.18 Å². The highest BCUT2D eigenvalue weighted by molar-refractivity contribution is 9.10. The van der Waals surface area contributed by atoms with Crippen LogP contribution < -0.4 is 9.47 Å². The molecule has 0 radical (unpaired) electrons. The molecule has 2 heterocycles. The van der Waals surface area contributed by atoms with Crippen LogP contribution in [-0.4, -0.2) is 60.8 Å². The van der Waals surface area contributed by atoms with E-state index < -0.39 is 25.3 Å². The van der Waals surface area contributed by atoms with E-state index in [0.717, 1.165) is 17.7 Å². The number of piperidine rings is 1. The third-order valence-corrected chi connectivity index (χ3v) is 6.28. The smallest absolute Gasteiger partial charge is 0.392 e. The lowest BCUT2D eigenvalue weighted by Gasteiger charge is -2.47. The predicted octanol–water partition coefficient (Wildman–Crippen LogP) is 4.64. The number of hydrogen-bond acceptors (Lipinski definition) is 5. The fourth-order valence-corrected chi connectivity index (χ4v) is 4.91. The Morgan fingerprint density at radius 1 is 1.27 bits per heavy atom. The molecule has 0 bridgehead atoms. The third-order valence-electron chi connectivity index (χ3n) is 5.44. The second-order valence-corrected chi connectivity index (χ2v) is 9.63. The van der Waals surface area contributed by atoms with Gasteiger partial charge < -0.3 is 19.3 Å². The van der Waals surface area contributed by atoms with Gasteiger partial charge in [0.05, 0.1) is 42.4 Å². The molecule has 2 aliphatic heterocycles. The van der Waals surface area contributed by atoms with Gasteiger partial charge in [0.25, 0.3) is 0 Å². The van der Waals surface area contributed by atoms with Crippen LogP contribution >= 0.6 is 15.9 Å². The number of aliphatic hydroxyl groups excluding tert-OH is 1. The summed E-state index contributed by atoms with van der Waals surface area (Å²) >= 11 is 3.53. The first-order valence-corrected chi connectivity index (χ1v) is 10.9. The monoisotopic (exact) mass is 495 g/mol. The maximum atomic E-state index is 12.5. The molecule has 0 saturated carbocycles. The van der Waals surface area contributed by atoms with Crippen LogP contribution in [0.2, 0.25) is 0 Å². The maximum absolute atomic E-state index is 12.5. The highest BCUT2D eigenvalue weighted by Crippen LogP contribution is 2.47. The van der Waals surface area contributed by atoms with Crippen LogP contribution in [0.1, 0.15) is 50.8 Å². The second-order valence-electron chi connectivity index (χ2n) is 8.84. The van der Waals surface area contributed by atoms with E-state index in [2.05, 4.69) is 20.8 Å². The summed E-state index contributed by atoms with van der Waals surface area (Å²) in [7, 11) is 1.47. The number of hydrogen-bond donors (Lipinski definition) is 1. The summed E-state index contributed by atoms with van der Waals surface area (Å²) < 4.78 is 55.1. The lowest BCUT2D eigenvalue weighted by Crippen LogP contribution is -2.53. The topological polar surface area (TPSA) is 51.2 Å². The van der Waals surface area contributed by atoms with Crippen molar-refractivity contribution in [3.05, 3.63) is 21.7 Å². The maximum Gasteiger partial charge on any atom is 0.392 e. The molecule has 1 saturated heterocycles. The molecule has 3 atom stereocenters. The highest BCUT2D eigenvalue weighted by atomic mass is 79.9. The number of aliphatic hydroxyl groups is 1. The molecule has 1 N–H and O–H groups in total. The van der Waals surface area contributed by atoms with Gasteiger partial charge in [0, 0.05) is 19.1 Å². The van der Waals surface area contributed by atoms with Crippen molar-refractivity contribution in [1.29, 1.82) is 0 Å². The van der Waals surface area contributed by atoms with Crippen molar-refractivity contribution >= 4 is 15.9 Å². The fourth-order valence-electron chi connectivity index (χ4n) is 4.18. The molecule has 1 fully saturated rings. The van der Waals surface area contributed by atoms with Crippen molar-refractivity contribution in [2.24, 2.45) is 0 Å². The minimum absolute atomic E-state index is 0.0157. The van der Waals surface area contributed by atoms with Gasteiger partial charge in [0.1, 0.15) is 0 Å². The lowest BCUT2D eigenvalue weighted by atomic mass is 9.84. The molecule has 170 valence electrons. The van der Waals surface area contributed by atoms with Gasteiger partial charge in [-0.25, -0.2) is 0 Å². The van der Waals surface area contributed by atoms with E-state index in [9.17, 15) is 18.3 Å². The zero-order valence-electron chi connectivity index (χ0n) is 17.7. The number of fused-ring (bicyclic) bond motifs is 3.